The van der Waals surface area contributed by atoms with Gasteiger partial charge in [0.15, 0.2) is 5.16 Å². The number of H-pyrrole nitrogens is 1. The lowest BCUT2D eigenvalue weighted by molar-refractivity contribution is 0.722. The number of pyridine rings is 1. The number of nitrogens with zero attached hydrogens (tertiary/aromatic N) is 2. The topological polar surface area (TPSA) is 84.7 Å². The average Bonchev–Trinajstić information content (AvgIpc) is 2.31. The molecule has 6 heteroatoms. The fourth-order valence-electron chi connectivity index (χ4n) is 1.51. The monoisotopic (exact) mass is 262 g/mol. The van der Waals surface area contributed by atoms with E-state index in [1.54, 1.807) is 6.20 Å². The molecule has 94 valence electrons. The summed E-state index contributed by atoms with van der Waals surface area (Å²) in [7, 11) is 0. The Balaban J connectivity index is 2.26. The van der Waals surface area contributed by atoms with Crippen LogP contribution in [0.25, 0.3) is 0 Å². The minimum atomic E-state index is -0.169. The molecule has 5 nitrogen and oxygen atoms in total. The molecule has 0 aliphatic carbocycles. The molecular formula is C12H14N4OS. The second-order valence-electron chi connectivity index (χ2n) is 3.99. The van der Waals surface area contributed by atoms with E-state index in [0.717, 1.165) is 17.0 Å². The van der Waals surface area contributed by atoms with Crippen LogP contribution < -0.4 is 11.3 Å². The maximum Gasteiger partial charge on any atom is 0.251 e. The predicted molar refractivity (Wildman–Crippen MR) is 70.6 cm³/mol. The van der Waals surface area contributed by atoms with E-state index in [9.17, 15) is 4.79 Å². The van der Waals surface area contributed by atoms with E-state index in [4.69, 9.17) is 5.73 Å². The van der Waals surface area contributed by atoms with Crippen molar-refractivity contribution in [2.45, 2.75) is 29.6 Å². The minimum absolute atomic E-state index is 0.0660. The number of aromatic nitrogens is 3. The summed E-state index contributed by atoms with van der Waals surface area (Å²) in [6.45, 7) is 1.95. The highest BCUT2D eigenvalue weighted by Crippen LogP contribution is 2.25. The van der Waals surface area contributed by atoms with E-state index >= 15 is 0 Å². The minimum Gasteiger partial charge on any atom is -0.328 e. The number of aromatic amines is 1. The highest BCUT2D eigenvalue weighted by molar-refractivity contribution is 7.99. The van der Waals surface area contributed by atoms with E-state index in [1.807, 2.05) is 19.1 Å². The highest BCUT2D eigenvalue weighted by atomic mass is 32.2. The Morgan fingerprint density at radius 2 is 2.22 bits per heavy atom. The summed E-state index contributed by atoms with van der Waals surface area (Å²) >= 11 is 1.34. The average molecular weight is 262 g/mol. The van der Waals surface area contributed by atoms with Crippen molar-refractivity contribution in [3.05, 3.63) is 46.5 Å². The second kappa shape index (κ2) is 5.79. The number of rotatable bonds is 4. The van der Waals surface area contributed by atoms with Gasteiger partial charge >= 0.3 is 0 Å². The molecule has 0 radical (unpaired) electrons. The van der Waals surface area contributed by atoms with Crippen molar-refractivity contribution in [2.24, 2.45) is 5.73 Å². The quantitative estimate of drug-likeness (QED) is 0.809. The smallest absolute Gasteiger partial charge is 0.251 e. The Morgan fingerprint density at radius 1 is 1.39 bits per heavy atom. The predicted octanol–water partition coefficient (Wildman–Crippen LogP) is 1.21. The van der Waals surface area contributed by atoms with Gasteiger partial charge in [0, 0.05) is 24.5 Å². The molecule has 2 heterocycles. The van der Waals surface area contributed by atoms with Crippen LogP contribution in [-0.4, -0.2) is 21.0 Å². The Kier molecular flexibility index (Phi) is 4.11. The molecular weight excluding hydrogens is 248 g/mol. The van der Waals surface area contributed by atoms with Gasteiger partial charge in [-0.15, -0.1) is 0 Å². The van der Waals surface area contributed by atoms with Crippen LogP contribution in [-0.2, 0) is 6.42 Å². The summed E-state index contributed by atoms with van der Waals surface area (Å²) in [5, 5.41) is 1.36. The van der Waals surface area contributed by atoms with Crippen molar-refractivity contribution in [3.63, 3.8) is 0 Å². The van der Waals surface area contributed by atoms with Crippen molar-refractivity contribution >= 4 is 11.8 Å². The van der Waals surface area contributed by atoms with Gasteiger partial charge in [-0.3, -0.25) is 4.79 Å². The number of nitrogens with one attached hydrogen (secondary N) is 1. The standard InChI is InChI=1S/C12H14N4OS/c1-8(13)7-9-3-2-5-14-11(9)18-12-15-6-4-10(17)16-12/h2-6,8H,7,13H2,1H3,(H,15,16,17). The first-order valence-corrected chi connectivity index (χ1v) is 6.39. The fourth-order valence-corrected chi connectivity index (χ4v) is 2.36. The van der Waals surface area contributed by atoms with Crippen LogP contribution in [0.2, 0.25) is 0 Å². The summed E-state index contributed by atoms with van der Waals surface area (Å²) < 4.78 is 0. The van der Waals surface area contributed by atoms with Crippen molar-refractivity contribution in [1.82, 2.24) is 15.0 Å². The molecule has 0 spiro atoms. The molecule has 3 N–H and O–H groups in total. The molecule has 0 saturated heterocycles. The van der Waals surface area contributed by atoms with Crippen molar-refractivity contribution < 1.29 is 0 Å². The molecule has 0 saturated carbocycles. The third kappa shape index (κ3) is 3.41. The molecule has 1 unspecified atom stereocenters. The zero-order chi connectivity index (χ0) is 13.0. The van der Waals surface area contributed by atoms with Gasteiger partial charge in [-0.1, -0.05) is 6.07 Å². The molecule has 2 aromatic rings. The summed E-state index contributed by atoms with van der Waals surface area (Å²) in [5.74, 6) is 0. The third-order valence-corrected chi connectivity index (χ3v) is 3.19. The molecule has 18 heavy (non-hydrogen) atoms. The van der Waals surface area contributed by atoms with Crippen LogP contribution >= 0.6 is 11.8 Å². The van der Waals surface area contributed by atoms with Crippen molar-refractivity contribution in [1.29, 1.82) is 0 Å². The van der Waals surface area contributed by atoms with E-state index in [0.29, 0.717) is 5.16 Å². The number of nitrogens with two attached hydrogens (primary N) is 1. The summed E-state index contributed by atoms with van der Waals surface area (Å²) in [5.41, 5.74) is 6.69. The normalized spacial score (nSPS) is 12.3. The molecule has 0 aliphatic rings. The lowest BCUT2D eigenvalue weighted by atomic mass is 10.1. The largest absolute Gasteiger partial charge is 0.328 e. The maximum atomic E-state index is 11.2. The molecule has 0 bridgehead atoms. The summed E-state index contributed by atoms with van der Waals surface area (Å²) in [4.78, 5) is 22.2. The van der Waals surface area contributed by atoms with Crippen LogP contribution in [0.3, 0.4) is 0 Å². The van der Waals surface area contributed by atoms with Crippen LogP contribution in [0.1, 0.15) is 12.5 Å². The molecule has 2 rings (SSSR count). The lowest BCUT2D eigenvalue weighted by Crippen LogP contribution is -2.18. The molecule has 2 aromatic heterocycles. The van der Waals surface area contributed by atoms with E-state index in [2.05, 4.69) is 15.0 Å². The zero-order valence-corrected chi connectivity index (χ0v) is 10.8. The first-order chi connectivity index (χ1) is 8.65. The van der Waals surface area contributed by atoms with E-state index < -0.39 is 0 Å². The van der Waals surface area contributed by atoms with Gasteiger partial charge in [-0.2, -0.15) is 0 Å². The van der Waals surface area contributed by atoms with Gasteiger partial charge < -0.3 is 10.7 Å². The van der Waals surface area contributed by atoms with Crippen molar-refractivity contribution in [3.8, 4) is 0 Å². The van der Waals surface area contributed by atoms with Gasteiger partial charge in [-0.05, 0) is 36.7 Å². The molecule has 1 atom stereocenters. The van der Waals surface area contributed by atoms with Crippen molar-refractivity contribution in [2.75, 3.05) is 0 Å². The van der Waals surface area contributed by atoms with Gasteiger partial charge in [0.05, 0.1) is 0 Å². The fraction of sp³-hybridized carbons (Fsp3) is 0.250. The number of hydrogen-bond acceptors (Lipinski definition) is 5. The zero-order valence-electron chi connectivity index (χ0n) is 9.96. The van der Waals surface area contributed by atoms with Crippen LogP contribution in [0, 0.1) is 0 Å². The summed E-state index contributed by atoms with van der Waals surface area (Å²) in [6.07, 6.45) is 3.94. The Bertz CT molecular complexity index is 582. The molecule has 0 aliphatic heterocycles. The third-order valence-electron chi connectivity index (χ3n) is 2.23. The van der Waals surface area contributed by atoms with Gasteiger partial charge in [0.2, 0.25) is 0 Å². The van der Waals surface area contributed by atoms with Gasteiger partial charge in [0.1, 0.15) is 5.03 Å². The second-order valence-corrected chi connectivity index (χ2v) is 4.97. The number of hydrogen-bond donors (Lipinski definition) is 2. The lowest BCUT2D eigenvalue weighted by Gasteiger charge is -2.09. The Morgan fingerprint density at radius 3 is 2.94 bits per heavy atom. The SMILES string of the molecule is CC(N)Cc1cccnc1Sc1nccc(=O)[nH]1. The first kappa shape index (κ1) is 12.8. The van der Waals surface area contributed by atoms with E-state index in [1.165, 1.54) is 24.0 Å². The van der Waals surface area contributed by atoms with Crippen LogP contribution in [0.15, 0.2) is 45.6 Å². The first-order valence-electron chi connectivity index (χ1n) is 5.58. The maximum absolute atomic E-state index is 11.2. The Labute approximate surface area is 109 Å². The summed E-state index contributed by atoms with van der Waals surface area (Å²) in [6, 6.07) is 5.31. The Hall–Kier alpha value is -1.66. The van der Waals surface area contributed by atoms with Gasteiger partial charge in [-0.25, -0.2) is 9.97 Å². The van der Waals surface area contributed by atoms with Crippen LogP contribution in [0.4, 0.5) is 0 Å². The molecule has 0 fully saturated rings. The highest BCUT2D eigenvalue weighted by Gasteiger charge is 2.08. The molecule has 0 aromatic carbocycles. The van der Waals surface area contributed by atoms with Gasteiger partial charge in [0.25, 0.3) is 5.56 Å². The molecule has 0 amide bonds. The van der Waals surface area contributed by atoms with Crippen LogP contribution in [0.5, 0.6) is 0 Å². The van der Waals surface area contributed by atoms with E-state index in [-0.39, 0.29) is 11.6 Å².